The molecule has 0 spiro atoms. The van der Waals surface area contributed by atoms with Gasteiger partial charge in [-0.1, -0.05) is 0 Å². The number of anilines is 2. The third kappa shape index (κ3) is 2.71. The van der Waals surface area contributed by atoms with Crippen LogP contribution in [0.15, 0.2) is 29.3 Å². The molecular weight excluding hydrogens is 332 g/mol. The van der Waals surface area contributed by atoms with E-state index in [2.05, 4.69) is 20.3 Å². The third-order valence-electron chi connectivity index (χ3n) is 4.97. The van der Waals surface area contributed by atoms with Gasteiger partial charge in [0.15, 0.2) is 0 Å². The van der Waals surface area contributed by atoms with Gasteiger partial charge in [-0.3, -0.25) is 19.6 Å². The number of rotatable bonds is 2. The first kappa shape index (κ1) is 16.3. The molecule has 0 radical (unpaired) electrons. The lowest BCUT2D eigenvalue weighted by Crippen LogP contribution is -2.40. The number of hydrogen-bond acceptors (Lipinski definition) is 6. The van der Waals surface area contributed by atoms with E-state index in [1.165, 1.54) is 0 Å². The quantitative estimate of drug-likeness (QED) is 0.845. The molecule has 2 aliphatic heterocycles. The van der Waals surface area contributed by atoms with Crippen molar-refractivity contribution in [3.05, 3.63) is 46.0 Å². The first-order valence-corrected chi connectivity index (χ1v) is 8.68. The predicted octanol–water partition coefficient (Wildman–Crippen LogP) is 1.38. The number of amides is 1. The molecule has 8 heteroatoms. The molecule has 2 aromatic heterocycles. The van der Waals surface area contributed by atoms with Crippen LogP contribution in [0.4, 0.5) is 11.8 Å². The second kappa shape index (κ2) is 6.59. The number of nitrogens with zero attached hydrogens (tertiary/aromatic N) is 4. The second-order valence-corrected chi connectivity index (χ2v) is 6.55. The zero-order chi connectivity index (χ0) is 18.1. The van der Waals surface area contributed by atoms with Gasteiger partial charge < -0.3 is 10.2 Å². The highest BCUT2D eigenvalue weighted by molar-refractivity contribution is 5.97. The first-order chi connectivity index (χ1) is 12.7. The van der Waals surface area contributed by atoms with Crippen LogP contribution >= 0.6 is 0 Å². The SMILES string of the molecule is N#CC1C(=O)Nc2nc(N3CCCCC3)[nH]c(=O)c2C1c1ccncc1. The van der Waals surface area contributed by atoms with Crippen molar-refractivity contribution in [2.24, 2.45) is 5.92 Å². The van der Waals surface area contributed by atoms with E-state index in [1.54, 1.807) is 24.5 Å². The number of carbonyl (C=O) groups is 1. The highest BCUT2D eigenvalue weighted by Crippen LogP contribution is 2.37. The van der Waals surface area contributed by atoms with Crippen LogP contribution in [0, 0.1) is 17.2 Å². The van der Waals surface area contributed by atoms with Gasteiger partial charge in [0.1, 0.15) is 11.7 Å². The van der Waals surface area contributed by atoms with Crippen LogP contribution in [-0.4, -0.2) is 33.9 Å². The molecule has 4 rings (SSSR count). The lowest BCUT2D eigenvalue weighted by molar-refractivity contribution is -0.119. The van der Waals surface area contributed by atoms with Crippen molar-refractivity contribution in [2.75, 3.05) is 23.3 Å². The molecule has 0 aromatic carbocycles. The fourth-order valence-corrected chi connectivity index (χ4v) is 3.69. The highest BCUT2D eigenvalue weighted by atomic mass is 16.2. The largest absolute Gasteiger partial charge is 0.342 e. The molecule has 1 fully saturated rings. The van der Waals surface area contributed by atoms with E-state index >= 15 is 0 Å². The number of pyridine rings is 1. The first-order valence-electron chi connectivity index (χ1n) is 8.68. The molecule has 2 atom stereocenters. The second-order valence-electron chi connectivity index (χ2n) is 6.55. The zero-order valence-electron chi connectivity index (χ0n) is 14.1. The summed E-state index contributed by atoms with van der Waals surface area (Å²) in [4.78, 5) is 38.7. The van der Waals surface area contributed by atoms with Crippen molar-refractivity contribution in [2.45, 2.75) is 25.2 Å². The average Bonchev–Trinajstić information content (AvgIpc) is 2.68. The predicted molar refractivity (Wildman–Crippen MR) is 94.7 cm³/mol. The Morgan fingerprint density at radius 2 is 1.88 bits per heavy atom. The number of aromatic amines is 1. The van der Waals surface area contributed by atoms with Crippen molar-refractivity contribution >= 4 is 17.7 Å². The lowest BCUT2D eigenvalue weighted by atomic mass is 9.79. The Morgan fingerprint density at radius 1 is 1.15 bits per heavy atom. The number of hydrogen-bond donors (Lipinski definition) is 2. The third-order valence-corrected chi connectivity index (χ3v) is 4.97. The molecule has 4 heterocycles. The molecule has 26 heavy (non-hydrogen) atoms. The molecule has 2 N–H and O–H groups in total. The van der Waals surface area contributed by atoms with Gasteiger partial charge in [0, 0.05) is 31.4 Å². The summed E-state index contributed by atoms with van der Waals surface area (Å²) in [7, 11) is 0. The maximum absolute atomic E-state index is 12.9. The summed E-state index contributed by atoms with van der Waals surface area (Å²) in [6, 6.07) is 5.46. The molecule has 0 bridgehead atoms. The minimum absolute atomic E-state index is 0.243. The number of fused-ring (bicyclic) bond motifs is 1. The Balaban J connectivity index is 1.84. The Bertz CT molecular complexity index is 927. The Kier molecular flexibility index (Phi) is 4.13. The fraction of sp³-hybridized carbons (Fsp3) is 0.389. The number of H-pyrrole nitrogens is 1. The number of nitrogens with one attached hydrogen (secondary N) is 2. The molecule has 2 aromatic rings. The summed E-state index contributed by atoms with van der Waals surface area (Å²) >= 11 is 0. The minimum Gasteiger partial charge on any atom is -0.342 e. The zero-order valence-corrected chi connectivity index (χ0v) is 14.1. The van der Waals surface area contributed by atoms with Crippen LogP contribution in [-0.2, 0) is 4.79 Å². The molecule has 2 unspecified atom stereocenters. The van der Waals surface area contributed by atoms with E-state index in [-0.39, 0.29) is 11.4 Å². The van der Waals surface area contributed by atoms with Gasteiger partial charge in [-0.15, -0.1) is 0 Å². The Hall–Kier alpha value is -3.21. The number of nitriles is 1. The van der Waals surface area contributed by atoms with Crippen molar-refractivity contribution < 1.29 is 4.79 Å². The number of piperidine rings is 1. The van der Waals surface area contributed by atoms with Crippen molar-refractivity contribution in [3.8, 4) is 6.07 Å². The normalized spacial score (nSPS) is 22.3. The summed E-state index contributed by atoms with van der Waals surface area (Å²) in [6.07, 6.45) is 6.42. The molecule has 132 valence electrons. The van der Waals surface area contributed by atoms with E-state index in [1.807, 2.05) is 11.0 Å². The van der Waals surface area contributed by atoms with Gasteiger partial charge in [0.05, 0.1) is 11.6 Å². The van der Waals surface area contributed by atoms with Crippen LogP contribution in [0.3, 0.4) is 0 Å². The van der Waals surface area contributed by atoms with E-state index < -0.39 is 17.7 Å². The van der Waals surface area contributed by atoms with Crippen LogP contribution in [0.25, 0.3) is 0 Å². The minimum atomic E-state index is -0.992. The molecule has 2 aliphatic rings. The van der Waals surface area contributed by atoms with E-state index in [4.69, 9.17) is 0 Å². The van der Waals surface area contributed by atoms with Crippen LogP contribution in [0.5, 0.6) is 0 Å². The highest BCUT2D eigenvalue weighted by Gasteiger charge is 2.40. The monoisotopic (exact) mass is 350 g/mol. The van der Waals surface area contributed by atoms with Crippen LogP contribution in [0.2, 0.25) is 0 Å². The summed E-state index contributed by atoms with van der Waals surface area (Å²) in [5, 5.41) is 12.1. The lowest BCUT2D eigenvalue weighted by Gasteiger charge is -2.31. The fourth-order valence-electron chi connectivity index (χ4n) is 3.69. The van der Waals surface area contributed by atoms with E-state index in [0.29, 0.717) is 17.1 Å². The van der Waals surface area contributed by atoms with Gasteiger partial charge in [-0.05, 0) is 37.0 Å². The van der Waals surface area contributed by atoms with Gasteiger partial charge in [0.2, 0.25) is 11.9 Å². The summed E-state index contributed by atoms with van der Waals surface area (Å²) < 4.78 is 0. The summed E-state index contributed by atoms with van der Waals surface area (Å²) in [6.45, 7) is 1.65. The number of aromatic nitrogens is 3. The van der Waals surface area contributed by atoms with E-state index in [0.717, 1.165) is 32.4 Å². The standard InChI is InChI=1S/C18H18N6O2/c19-10-12-13(11-4-6-20-7-5-11)14-15(21-16(12)25)22-18(23-17(14)26)24-8-2-1-3-9-24/h4-7,12-13H,1-3,8-9H2,(H2,21,22,23,25,26). The Morgan fingerprint density at radius 3 is 2.58 bits per heavy atom. The Labute approximate surface area is 149 Å². The topological polar surface area (TPSA) is 115 Å². The number of carbonyl (C=O) groups excluding carboxylic acids is 1. The average molecular weight is 350 g/mol. The molecular formula is C18H18N6O2. The smallest absolute Gasteiger partial charge is 0.258 e. The summed E-state index contributed by atoms with van der Waals surface area (Å²) in [5.74, 6) is -1.39. The van der Waals surface area contributed by atoms with E-state index in [9.17, 15) is 14.9 Å². The van der Waals surface area contributed by atoms with Gasteiger partial charge in [-0.2, -0.15) is 10.2 Å². The molecule has 1 saturated heterocycles. The molecule has 0 aliphatic carbocycles. The maximum Gasteiger partial charge on any atom is 0.258 e. The maximum atomic E-state index is 12.9. The van der Waals surface area contributed by atoms with Crippen LogP contribution < -0.4 is 15.8 Å². The van der Waals surface area contributed by atoms with Gasteiger partial charge in [0.25, 0.3) is 5.56 Å². The molecule has 0 saturated carbocycles. The van der Waals surface area contributed by atoms with Crippen molar-refractivity contribution in [3.63, 3.8) is 0 Å². The van der Waals surface area contributed by atoms with Gasteiger partial charge >= 0.3 is 0 Å². The van der Waals surface area contributed by atoms with Gasteiger partial charge in [-0.25, -0.2) is 0 Å². The van der Waals surface area contributed by atoms with Crippen molar-refractivity contribution in [1.29, 1.82) is 5.26 Å². The van der Waals surface area contributed by atoms with Crippen molar-refractivity contribution in [1.82, 2.24) is 15.0 Å². The summed E-state index contributed by atoms with van der Waals surface area (Å²) in [5.41, 5.74) is 0.696. The molecule has 8 nitrogen and oxygen atoms in total. The van der Waals surface area contributed by atoms with Crippen LogP contribution in [0.1, 0.15) is 36.3 Å². The molecule has 1 amide bonds.